The number of rotatable bonds is 7. The van der Waals surface area contributed by atoms with Crippen LogP contribution in [0.15, 0.2) is 0 Å². The first-order valence-electron chi connectivity index (χ1n) is 4.78. The molecule has 5 nitrogen and oxygen atoms in total. The summed E-state index contributed by atoms with van der Waals surface area (Å²) in [6.45, 7) is 1.70. The van der Waals surface area contributed by atoms with Gasteiger partial charge in [-0.1, -0.05) is 13.3 Å². The summed E-state index contributed by atoms with van der Waals surface area (Å²) in [5.41, 5.74) is 0. The molecule has 0 fully saturated rings. The van der Waals surface area contributed by atoms with E-state index in [2.05, 4.69) is 0 Å². The van der Waals surface area contributed by atoms with Gasteiger partial charge in [0.15, 0.2) is 0 Å². The first-order valence-corrected chi connectivity index (χ1v) is 8.08. The highest BCUT2D eigenvalue weighted by Gasteiger charge is 2.31. The van der Waals surface area contributed by atoms with E-state index in [1.165, 1.54) is 4.13 Å². The average Bonchev–Trinajstić information content (AvgIpc) is 2.09. The lowest BCUT2D eigenvalue weighted by atomic mass is 10.4. The molecule has 0 aliphatic carbocycles. The summed E-state index contributed by atoms with van der Waals surface area (Å²) in [7, 11) is -8.54. The van der Waals surface area contributed by atoms with Crippen LogP contribution in [-0.2, 0) is 20.0 Å². The van der Waals surface area contributed by atoms with Crippen molar-refractivity contribution in [3.8, 4) is 0 Å². The number of hydrogen-bond acceptors (Lipinski definition) is 4. The van der Waals surface area contributed by atoms with Gasteiger partial charge in [-0.15, -0.1) is 4.13 Å². The Balaban J connectivity index is 4.45. The van der Waals surface area contributed by atoms with E-state index in [9.17, 15) is 30.0 Å². The lowest BCUT2D eigenvalue weighted by Crippen LogP contribution is -2.35. The zero-order valence-corrected chi connectivity index (χ0v) is 10.8. The minimum Gasteiger partial charge on any atom is -0.211 e. The van der Waals surface area contributed by atoms with Gasteiger partial charge in [0.2, 0.25) is 20.0 Å². The van der Waals surface area contributed by atoms with Crippen molar-refractivity contribution < 1.29 is 30.0 Å². The van der Waals surface area contributed by atoms with Gasteiger partial charge in [-0.05, 0) is 6.42 Å². The molecule has 0 rings (SSSR count). The number of sulfonamides is 2. The van der Waals surface area contributed by atoms with Crippen LogP contribution in [0.4, 0.5) is 13.2 Å². The molecule has 0 radical (unpaired) electrons. The van der Waals surface area contributed by atoms with E-state index < -0.39 is 44.1 Å². The Morgan fingerprint density at radius 3 is 1.88 bits per heavy atom. The van der Waals surface area contributed by atoms with Crippen molar-refractivity contribution in [1.29, 1.82) is 0 Å². The van der Waals surface area contributed by atoms with Crippen molar-refractivity contribution >= 4 is 20.0 Å². The molecule has 0 bridgehead atoms. The van der Waals surface area contributed by atoms with Crippen LogP contribution in [0.2, 0.25) is 0 Å². The smallest absolute Gasteiger partial charge is 0.211 e. The maximum atomic E-state index is 11.8. The highest BCUT2D eigenvalue weighted by molar-refractivity contribution is 8.04. The van der Waals surface area contributed by atoms with Gasteiger partial charge in [-0.25, -0.2) is 16.8 Å². The van der Waals surface area contributed by atoms with Gasteiger partial charge >= 0.3 is 6.18 Å². The van der Waals surface area contributed by atoms with Gasteiger partial charge in [-0.3, -0.25) is 0 Å². The van der Waals surface area contributed by atoms with E-state index in [0.29, 0.717) is 6.42 Å². The third-order valence-electron chi connectivity index (χ3n) is 1.67. The van der Waals surface area contributed by atoms with E-state index in [0.717, 1.165) is 0 Å². The van der Waals surface area contributed by atoms with Crippen LogP contribution in [0.3, 0.4) is 0 Å². The molecular formula is C7H14F3NO4S2. The topological polar surface area (TPSA) is 80.3 Å². The van der Waals surface area contributed by atoms with Crippen molar-refractivity contribution in [2.24, 2.45) is 0 Å². The Hall–Kier alpha value is -0.350. The maximum Gasteiger partial charge on any atom is 0.390 e. The molecule has 17 heavy (non-hydrogen) atoms. The largest absolute Gasteiger partial charge is 0.390 e. The maximum absolute atomic E-state index is 11.8. The summed E-state index contributed by atoms with van der Waals surface area (Å²) in [5, 5.41) is 0. The monoisotopic (exact) mass is 297 g/mol. The fourth-order valence-corrected chi connectivity index (χ4v) is 4.24. The molecule has 0 aromatic carbocycles. The number of alkyl halides is 3. The molecule has 0 amide bonds. The Morgan fingerprint density at radius 1 is 1.00 bits per heavy atom. The SMILES string of the molecule is CCCCS(=O)(=O)NS(=O)(=O)CCC(F)(F)F. The first kappa shape index (κ1) is 16.6. The molecule has 0 spiro atoms. The summed E-state index contributed by atoms with van der Waals surface area (Å²) in [6.07, 6.45) is -5.44. The minimum absolute atomic E-state index is 0.240. The molecule has 0 heterocycles. The molecular weight excluding hydrogens is 283 g/mol. The van der Waals surface area contributed by atoms with Gasteiger partial charge in [-0.2, -0.15) is 13.2 Å². The van der Waals surface area contributed by atoms with Crippen molar-refractivity contribution in [3.05, 3.63) is 0 Å². The van der Waals surface area contributed by atoms with Crippen LogP contribution < -0.4 is 4.13 Å². The standard InChI is InChI=1S/C7H14F3NO4S2/c1-2-3-5-16(12,13)11-17(14,15)6-4-7(8,9)10/h11H,2-6H2,1H3. The van der Waals surface area contributed by atoms with Gasteiger partial charge < -0.3 is 0 Å². The summed E-state index contributed by atoms with van der Waals surface area (Å²) < 4.78 is 81.1. The van der Waals surface area contributed by atoms with Crippen LogP contribution in [0.5, 0.6) is 0 Å². The van der Waals surface area contributed by atoms with Gasteiger partial charge in [0.25, 0.3) is 0 Å². The van der Waals surface area contributed by atoms with Gasteiger partial charge in [0.1, 0.15) is 0 Å². The summed E-state index contributed by atoms with van der Waals surface area (Å²) >= 11 is 0. The number of hydrogen-bond donors (Lipinski definition) is 1. The van der Waals surface area contributed by atoms with Crippen LogP contribution in [0, 0.1) is 0 Å². The molecule has 0 saturated heterocycles. The van der Waals surface area contributed by atoms with Crippen LogP contribution >= 0.6 is 0 Å². The van der Waals surface area contributed by atoms with Crippen LogP contribution in [0.1, 0.15) is 26.2 Å². The van der Waals surface area contributed by atoms with Crippen LogP contribution in [0.25, 0.3) is 0 Å². The molecule has 1 N–H and O–H groups in total. The van der Waals surface area contributed by atoms with E-state index in [1.807, 2.05) is 0 Å². The minimum atomic E-state index is -4.64. The lowest BCUT2D eigenvalue weighted by Gasteiger charge is -2.09. The van der Waals surface area contributed by atoms with Crippen molar-refractivity contribution in [1.82, 2.24) is 4.13 Å². The normalized spacial score (nSPS) is 13.9. The molecule has 10 heteroatoms. The second kappa shape index (κ2) is 6.01. The predicted molar refractivity (Wildman–Crippen MR) is 56.3 cm³/mol. The quantitative estimate of drug-likeness (QED) is 0.760. The predicted octanol–water partition coefficient (Wildman–Crippen LogP) is 0.988. The fraction of sp³-hybridized carbons (Fsp3) is 1.00. The molecule has 0 aliphatic rings. The third kappa shape index (κ3) is 9.36. The molecule has 0 aromatic rings. The third-order valence-corrected chi connectivity index (χ3v) is 5.27. The average molecular weight is 297 g/mol. The molecule has 0 unspecified atom stereocenters. The van der Waals surface area contributed by atoms with Crippen molar-refractivity contribution in [3.63, 3.8) is 0 Å². The highest BCUT2D eigenvalue weighted by Crippen LogP contribution is 2.19. The highest BCUT2D eigenvalue weighted by atomic mass is 32.3. The van der Waals surface area contributed by atoms with E-state index in [-0.39, 0.29) is 6.42 Å². The molecule has 104 valence electrons. The van der Waals surface area contributed by atoms with Crippen LogP contribution in [-0.4, -0.2) is 34.5 Å². The number of halogens is 3. The molecule has 0 atom stereocenters. The first-order chi connectivity index (χ1) is 7.47. The van der Waals surface area contributed by atoms with Crippen molar-refractivity contribution in [2.45, 2.75) is 32.4 Å². The van der Waals surface area contributed by atoms with Gasteiger partial charge in [0, 0.05) is 0 Å². The Kier molecular flexibility index (Phi) is 5.88. The fourth-order valence-electron chi connectivity index (χ4n) is 0.861. The second-order valence-corrected chi connectivity index (χ2v) is 7.38. The van der Waals surface area contributed by atoms with Gasteiger partial charge in [0.05, 0.1) is 17.9 Å². The van der Waals surface area contributed by atoms with E-state index >= 15 is 0 Å². The zero-order chi connectivity index (χ0) is 13.7. The van der Waals surface area contributed by atoms with Crippen molar-refractivity contribution in [2.75, 3.05) is 11.5 Å². The molecule has 0 aliphatic heterocycles. The summed E-state index contributed by atoms with van der Waals surface area (Å²) in [4.78, 5) is 0. The summed E-state index contributed by atoms with van der Waals surface area (Å²) in [5.74, 6) is -1.71. The number of nitrogens with one attached hydrogen (secondary N) is 1. The van der Waals surface area contributed by atoms with E-state index in [4.69, 9.17) is 0 Å². The zero-order valence-electron chi connectivity index (χ0n) is 9.12. The Labute approximate surface area is 98.5 Å². The van der Waals surface area contributed by atoms with E-state index in [1.54, 1.807) is 6.92 Å². The molecule has 0 aromatic heterocycles. The second-order valence-electron chi connectivity index (χ2n) is 3.44. The summed E-state index contributed by atoms with van der Waals surface area (Å²) in [6, 6.07) is 0. The Morgan fingerprint density at radius 2 is 1.47 bits per heavy atom. The molecule has 0 saturated carbocycles. The Bertz CT molecular complexity index is 427. The number of unbranched alkanes of at least 4 members (excludes halogenated alkanes) is 1. The lowest BCUT2D eigenvalue weighted by molar-refractivity contribution is -0.129.